The van der Waals surface area contributed by atoms with Crippen molar-refractivity contribution in [3.63, 3.8) is 0 Å². The molecule has 0 radical (unpaired) electrons. The number of fused-ring (bicyclic) bond motifs is 5. The molecule has 2 fully saturated rings. The maximum absolute atomic E-state index is 9.97. The standard InChI is InChI=1S/C11H16O2/c1-11(13)5-8-6-2-3-7(4-6)9(8)10(11)12/h2-3,6-10,12-13H,4-5H2,1H3/t6-,7-,8+,9-,10+,11-/m0/s1. The van der Waals surface area contributed by atoms with Gasteiger partial charge in [0.1, 0.15) is 0 Å². The van der Waals surface area contributed by atoms with Gasteiger partial charge in [-0.2, -0.15) is 0 Å². The van der Waals surface area contributed by atoms with Gasteiger partial charge in [0.15, 0.2) is 0 Å². The van der Waals surface area contributed by atoms with Crippen molar-refractivity contribution in [3.8, 4) is 0 Å². The van der Waals surface area contributed by atoms with E-state index in [1.807, 2.05) is 0 Å². The lowest BCUT2D eigenvalue weighted by atomic mass is 9.85. The molecule has 6 atom stereocenters. The Hall–Kier alpha value is -0.340. The Labute approximate surface area is 78.3 Å². The highest BCUT2D eigenvalue weighted by atomic mass is 16.3. The predicted octanol–water partition coefficient (Wildman–Crippen LogP) is 0.940. The van der Waals surface area contributed by atoms with E-state index in [1.165, 1.54) is 6.42 Å². The molecule has 3 rings (SSSR count). The van der Waals surface area contributed by atoms with Gasteiger partial charge in [0, 0.05) is 0 Å². The molecule has 0 aromatic carbocycles. The number of aliphatic hydroxyl groups is 2. The number of hydrogen-bond donors (Lipinski definition) is 2. The molecule has 0 aromatic heterocycles. The molecule has 0 aliphatic heterocycles. The van der Waals surface area contributed by atoms with E-state index in [1.54, 1.807) is 6.92 Å². The van der Waals surface area contributed by atoms with E-state index < -0.39 is 11.7 Å². The average molecular weight is 180 g/mol. The SMILES string of the molecule is C[C@]1(O)C[C@H]2[C@@H]([C@H]1O)[C@H]1C=C[C@H]2C1. The fraction of sp³-hybridized carbons (Fsp3) is 0.818. The number of allylic oxidation sites excluding steroid dienone is 2. The topological polar surface area (TPSA) is 40.5 Å². The van der Waals surface area contributed by atoms with Gasteiger partial charge in [-0.1, -0.05) is 12.2 Å². The lowest BCUT2D eigenvalue weighted by Crippen LogP contribution is -2.38. The summed E-state index contributed by atoms with van der Waals surface area (Å²) in [4.78, 5) is 0. The first-order valence-electron chi connectivity index (χ1n) is 5.18. The van der Waals surface area contributed by atoms with Crippen molar-refractivity contribution >= 4 is 0 Å². The van der Waals surface area contributed by atoms with Crippen LogP contribution in [0.3, 0.4) is 0 Å². The molecule has 3 aliphatic rings. The monoisotopic (exact) mass is 180 g/mol. The molecular weight excluding hydrogens is 164 g/mol. The van der Waals surface area contributed by atoms with Crippen LogP contribution in [0, 0.1) is 23.7 Å². The minimum Gasteiger partial charge on any atom is -0.390 e. The van der Waals surface area contributed by atoms with Crippen LogP contribution in [0.25, 0.3) is 0 Å². The van der Waals surface area contributed by atoms with Gasteiger partial charge < -0.3 is 10.2 Å². The van der Waals surface area contributed by atoms with Gasteiger partial charge in [-0.3, -0.25) is 0 Å². The minimum absolute atomic E-state index is 0.338. The van der Waals surface area contributed by atoms with Gasteiger partial charge in [-0.15, -0.1) is 0 Å². The van der Waals surface area contributed by atoms with Crippen molar-refractivity contribution < 1.29 is 10.2 Å². The van der Waals surface area contributed by atoms with E-state index in [0.717, 1.165) is 6.42 Å². The van der Waals surface area contributed by atoms with Gasteiger partial charge in [-0.25, -0.2) is 0 Å². The first-order chi connectivity index (χ1) is 6.09. The van der Waals surface area contributed by atoms with Crippen molar-refractivity contribution in [3.05, 3.63) is 12.2 Å². The quantitative estimate of drug-likeness (QED) is 0.545. The molecule has 0 saturated heterocycles. The van der Waals surface area contributed by atoms with Crippen molar-refractivity contribution in [2.75, 3.05) is 0 Å². The Balaban J connectivity index is 1.96. The predicted molar refractivity (Wildman–Crippen MR) is 49.0 cm³/mol. The highest BCUT2D eigenvalue weighted by Crippen LogP contribution is 2.57. The van der Waals surface area contributed by atoms with E-state index in [0.29, 0.717) is 23.7 Å². The van der Waals surface area contributed by atoms with Crippen LogP contribution < -0.4 is 0 Å². The fourth-order valence-electron chi connectivity index (χ4n) is 3.73. The van der Waals surface area contributed by atoms with Crippen LogP contribution in [0.5, 0.6) is 0 Å². The Morgan fingerprint density at radius 3 is 2.69 bits per heavy atom. The van der Waals surface area contributed by atoms with Crippen LogP contribution in [0.2, 0.25) is 0 Å². The summed E-state index contributed by atoms with van der Waals surface area (Å²) in [6.45, 7) is 1.77. The van der Waals surface area contributed by atoms with Crippen LogP contribution in [0.15, 0.2) is 12.2 Å². The van der Waals surface area contributed by atoms with Gasteiger partial charge in [0.2, 0.25) is 0 Å². The zero-order valence-electron chi connectivity index (χ0n) is 7.85. The lowest BCUT2D eigenvalue weighted by molar-refractivity contribution is -0.0589. The first-order valence-corrected chi connectivity index (χ1v) is 5.18. The molecule has 72 valence electrons. The van der Waals surface area contributed by atoms with Crippen LogP contribution in [-0.2, 0) is 0 Å². The highest BCUT2D eigenvalue weighted by Gasteiger charge is 2.58. The van der Waals surface area contributed by atoms with Crippen molar-refractivity contribution in [2.24, 2.45) is 23.7 Å². The second-order valence-electron chi connectivity index (χ2n) is 5.20. The normalized spacial score (nSPS) is 63.2. The summed E-state index contributed by atoms with van der Waals surface area (Å²) in [5.41, 5.74) is -0.835. The third-order valence-corrected chi connectivity index (χ3v) is 4.34. The molecule has 2 nitrogen and oxygen atoms in total. The zero-order chi connectivity index (χ0) is 9.22. The molecular formula is C11H16O2. The van der Waals surface area contributed by atoms with Crippen LogP contribution >= 0.6 is 0 Å². The molecule has 2 bridgehead atoms. The Kier molecular flexibility index (Phi) is 1.34. The maximum atomic E-state index is 9.97. The Morgan fingerprint density at radius 1 is 1.31 bits per heavy atom. The summed E-state index contributed by atoms with van der Waals surface area (Å²) >= 11 is 0. The minimum atomic E-state index is -0.835. The van der Waals surface area contributed by atoms with E-state index in [2.05, 4.69) is 12.2 Å². The molecule has 0 aromatic rings. The number of aliphatic hydroxyl groups excluding tert-OH is 1. The first kappa shape index (κ1) is 8.01. The molecule has 0 unspecified atom stereocenters. The second-order valence-corrected chi connectivity index (χ2v) is 5.20. The van der Waals surface area contributed by atoms with Crippen LogP contribution in [-0.4, -0.2) is 21.9 Å². The van der Waals surface area contributed by atoms with E-state index in [-0.39, 0.29) is 0 Å². The molecule has 0 spiro atoms. The largest absolute Gasteiger partial charge is 0.390 e. The second kappa shape index (κ2) is 2.18. The molecule has 0 heterocycles. The molecule has 2 N–H and O–H groups in total. The summed E-state index contributed by atoms with van der Waals surface area (Å²) in [7, 11) is 0. The highest BCUT2D eigenvalue weighted by molar-refractivity contribution is 5.20. The number of hydrogen-bond acceptors (Lipinski definition) is 2. The van der Waals surface area contributed by atoms with Crippen molar-refractivity contribution in [1.82, 2.24) is 0 Å². The summed E-state index contributed by atoms with van der Waals surface area (Å²) in [6.07, 6.45) is 6.00. The van der Waals surface area contributed by atoms with Crippen LogP contribution in [0.1, 0.15) is 19.8 Å². The fourth-order valence-corrected chi connectivity index (χ4v) is 3.73. The third kappa shape index (κ3) is 0.856. The average Bonchev–Trinajstić information content (AvgIpc) is 2.65. The molecule has 2 saturated carbocycles. The van der Waals surface area contributed by atoms with Crippen molar-refractivity contribution in [2.45, 2.75) is 31.5 Å². The summed E-state index contributed by atoms with van der Waals surface area (Å²) < 4.78 is 0. The maximum Gasteiger partial charge on any atom is 0.0883 e. The number of rotatable bonds is 0. The molecule has 0 amide bonds. The third-order valence-electron chi connectivity index (χ3n) is 4.34. The van der Waals surface area contributed by atoms with Gasteiger partial charge in [0.25, 0.3) is 0 Å². The Bertz CT molecular complexity index is 269. The van der Waals surface area contributed by atoms with E-state index in [9.17, 15) is 10.2 Å². The smallest absolute Gasteiger partial charge is 0.0883 e. The van der Waals surface area contributed by atoms with Gasteiger partial charge in [-0.05, 0) is 43.4 Å². The summed E-state index contributed by atoms with van der Waals surface area (Å²) in [5, 5.41) is 19.9. The molecule has 3 aliphatic carbocycles. The van der Waals surface area contributed by atoms with Gasteiger partial charge >= 0.3 is 0 Å². The molecule has 13 heavy (non-hydrogen) atoms. The Morgan fingerprint density at radius 2 is 2.00 bits per heavy atom. The summed E-state index contributed by atoms with van der Waals surface area (Å²) in [5.74, 6) is 2.06. The zero-order valence-corrected chi connectivity index (χ0v) is 7.85. The van der Waals surface area contributed by atoms with E-state index in [4.69, 9.17) is 0 Å². The summed E-state index contributed by atoms with van der Waals surface area (Å²) in [6, 6.07) is 0. The van der Waals surface area contributed by atoms with Crippen molar-refractivity contribution in [1.29, 1.82) is 0 Å². The van der Waals surface area contributed by atoms with Crippen LogP contribution in [0.4, 0.5) is 0 Å². The van der Waals surface area contributed by atoms with E-state index >= 15 is 0 Å². The van der Waals surface area contributed by atoms with Gasteiger partial charge in [0.05, 0.1) is 11.7 Å². The lowest BCUT2D eigenvalue weighted by Gasteiger charge is -2.26. The molecule has 2 heteroatoms.